The van der Waals surface area contributed by atoms with Gasteiger partial charge in [-0.25, -0.2) is 19.6 Å². The van der Waals surface area contributed by atoms with Gasteiger partial charge in [-0.1, -0.05) is 94.4 Å². The zero-order valence-corrected chi connectivity index (χ0v) is 38.9. The van der Waals surface area contributed by atoms with E-state index in [-0.39, 0.29) is 13.2 Å². The van der Waals surface area contributed by atoms with Crippen molar-refractivity contribution in [3.8, 4) is 22.3 Å². The first-order valence-corrected chi connectivity index (χ1v) is 22.8. The van der Waals surface area contributed by atoms with Gasteiger partial charge >= 0.3 is 12.2 Å². The van der Waals surface area contributed by atoms with E-state index in [1.54, 1.807) is 6.92 Å². The van der Waals surface area contributed by atoms with Crippen LogP contribution in [-0.4, -0.2) is 38.7 Å². The first-order valence-electron chi connectivity index (χ1n) is 22.8. The molecule has 3 aromatic carbocycles. The molecule has 2 amide bonds. The Bertz CT molecular complexity index is 2960. The van der Waals surface area contributed by atoms with Crippen molar-refractivity contribution in [2.45, 2.75) is 94.6 Å². The van der Waals surface area contributed by atoms with Gasteiger partial charge in [-0.2, -0.15) is 0 Å². The molecule has 2 aliphatic rings. The van der Waals surface area contributed by atoms with Crippen molar-refractivity contribution in [3.63, 3.8) is 0 Å². The van der Waals surface area contributed by atoms with Crippen molar-refractivity contribution in [1.82, 2.24) is 19.9 Å². The number of allylic oxidation sites excluding steroid dienone is 4. The lowest BCUT2D eigenvalue weighted by atomic mass is 9.92. The van der Waals surface area contributed by atoms with E-state index < -0.39 is 12.2 Å². The molecule has 0 unspecified atom stereocenters. The molecule has 10 heteroatoms. The maximum atomic E-state index is 13.5. The molecule has 5 heterocycles. The third kappa shape index (κ3) is 8.36. The standard InChI is InChI=1S/C55H58N6O4/c1-10-36-31(6)50-48(40-24-18-20-26-42(40)60-54(62)64-14-5)51-32(7)37(11-2)45(57-51)29-47-39(13-4)34(9)53(59-47)49(52-33(8)38(12-3)46(58-52)28-44(36)56-50)41-25-19-21-27-43(41)61-55(63)65-30-35-22-16-15-17-23-35/h15-29,58-59H,10-14,30H2,1-9H3,(H,60,62)(H,61,63). The van der Waals surface area contributed by atoms with Crippen LogP contribution in [0.5, 0.6) is 0 Å². The van der Waals surface area contributed by atoms with Crippen LogP contribution in [0.2, 0.25) is 0 Å². The van der Waals surface area contributed by atoms with E-state index in [1.165, 1.54) is 11.1 Å². The minimum atomic E-state index is -0.537. The third-order valence-electron chi connectivity index (χ3n) is 12.8. The number of para-hydroxylation sites is 2. The second-order valence-electron chi connectivity index (χ2n) is 16.5. The molecule has 0 spiro atoms. The molecule has 2 aliphatic heterocycles. The lowest BCUT2D eigenvalue weighted by molar-refractivity contribution is 0.155. The van der Waals surface area contributed by atoms with Crippen LogP contribution in [0.4, 0.5) is 21.0 Å². The van der Waals surface area contributed by atoms with Gasteiger partial charge in [-0.05, 0) is 135 Å². The number of carbonyl (C=O) groups is 2. The fraction of sp³-hybridized carbons (Fsp3) is 0.273. The van der Waals surface area contributed by atoms with E-state index in [0.717, 1.165) is 132 Å². The number of fused-ring (bicyclic) bond motifs is 8. The lowest BCUT2D eigenvalue weighted by Gasteiger charge is -2.15. The number of nitrogens with zero attached hydrogens (tertiary/aromatic N) is 2. The van der Waals surface area contributed by atoms with Crippen LogP contribution in [0.15, 0.2) is 91.0 Å². The van der Waals surface area contributed by atoms with Crippen LogP contribution in [0.1, 0.15) is 112 Å². The van der Waals surface area contributed by atoms with Gasteiger partial charge in [0.1, 0.15) is 6.61 Å². The van der Waals surface area contributed by atoms with E-state index in [0.29, 0.717) is 11.4 Å². The predicted octanol–water partition coefficient (Wildman–Crippen LogP) is 14.4. The highest BCUT2D eigenvalue weighted by molar-refractivity contribution is 6.07. The van der Waals surface area contributed by atoms with E-state index in [9.17, 15) is 9.59 Å². The summed E-state index contributed by atoms with van der Waals surface area (Å²) in [5, 5.41) is 6.12. The summed E-state index contributed by atoms with van der Waals surface area (Å²) in [5.41, 5.74) is 21.7. The summed E-state index contributed by atoms with van der Waals surface area (Å²) < 4.78 is 11.1. The van der Waals surface area contributed by atoms with Crippen LogP contribution in [0.3, 0.4) is 0 Å². The van der Waals surface area contributed by atoms with Gasteiger partial charge in [0.2, 0.25) is 0 Å². The van der Waals surface area contributed by atoms with Crippen molar-refractivity contribution >= 4 is 67.9 Å². The number of nitrogens with one attached hydrogen (secondary N) is 4. The number of anilines is 2. The van der Waals surface area contributed by atoms with Crippen molar-refractivity contribution in [3.05, 3.63) is 142 Å². The molecule has 3 aromatic heterocycles. The van der Waals surface area contributed by atoms with E-state index >= 15 is 0 Å². The zero-order chi connectivity index (χ0) is 45.9. The number of rotatable bonds is 11. The molecule has 332 valence electrons. The molecule has 0 saturated heterocycles. The maximum absolute atomic E-state index is 13.5. The molecular formula is C55H58N6O4. The average molecular weight is 867 g/mol. The van der Waals surface area contributed by atoms with E-state index in [1.807, 2.05) is 72.8 Å². The Balaban J connectivity index is 1.49. The molecule has 6 aromatic rings. The van der Waals surface area contributed by atoms with Gasteiger partial charge in [0.15, 0.2) is 0 Å². The Labute approximate surface area is 381 Å². The molecule has 0 atom stereocenters. The summed E-state index contributed by atoms with van der Waals surface area (Å²) in [7, 11) is 0. The highest BCUT2D eigenvalue weighted by Crippen LogP contribution is 2.46. The van der Waals surface area contributed by atoms with E-state index in [4.69, 9.17) is 19.4 Å². The summed E-state index contributed by atoms with van der Waals surface area (Å²) in [4.78, 5) is 45.4. The van der Waals surface area contributed by atoms with Crippen LogP contribution >= 0.6 is 0 Å². The first kappa shape index (κ1) is 44.4. The van der Waals surface area contributed by atoms with Crippen molar-refractivity contribution in [2.24, 2.45) is 0 Å². The smallest absolute Gasteiger partial charge is 0.411 e. The number of hydrogen-bond donors (Lipinski definition) is 4. The van der Waals surface area contributed by atoms with Gasteiger partial charge in [-0.15, -0.1) is 0 Å². The highest BCUT2D eigenvalue weighted by Gasteiger charge is 2.28. The number of aryl methyl sites for hydroxylation is 4. The molecular weight excluding hydrogens is 809 g/mol. The topological polar surface area (TPSA) is 134 Å². The number of aromatic amines is 2. The van der Waals surface area contributed by atoms with Crippen LogP contribution in [0.25, 0.3) is 66.6 Å². The molecule has 4 N–H and O–H groups in total. The number of hydrogen-bond acceptors (Lipinski definition) is 6. The highest BCUT2D eigenvalue weighted by atomic mass is 16.6. The number of ether oxygens (including phenoxy) is 2. The fourth-order valence-corrected chi connectivity index (χ4v) is 9.60. The largest absolute Gasteiger partial charge is 0.450 e. The van der Waals surface area contributed by atoms with Crippen LogP contribution in [0, 0.1) is 13.8 Å². The Kier molecular flexibility index (Phi) is 12.9. The van der Waals surface area contributed by atoms with Gasteiger partial charge in [-0.3, -0.25) is 10.6 Å². The Hall–Kier alpha value is -7.20. The Morgan fingerprint density at radius 3 is 1.46 bits per heavy atom. The van der Waals surface area contributed by atoms with Gasteiger partial charge in [0, 0.05) is 33.3 Å². The quantitative estimate of drug-likeness (QED) is 0.102. The third-order valence-corrected chi connectivity index (χ3v) is 12.8. The fourth-order valence-electron chi connectivity index (χ4n) is 9.60. The van der Waals surface area contributed by atoms with Crippen molar-refractivity contribution in [2.75, 3.05) is 17.2 Å². The average Bonchev–Trinajstić information content (AvgIpc) is 4.00. The molecule has 10 nitrogen and oxygen atoms in total. The van der Waals surface area contributed by atoms with E-state index in [2.05, 4.69) is 94.2 Å². The molecule has 0 aliphatic carbocycles. The minimum absolute atomic E-state index is 0.151. The molecule has 8 rings (SSSR count). The first-order chi connectivity index (χ1) is 31.5. The normalized spacial score (nSPS) is 12.4. The van der Waals surface area contributed by atoms with Gasteiger partial charge < -0.3 is 19.4 Å². The number of aromatic nitrogens is 4. The molecule has 0 fully saturated rings. The number of H-pyrrole nitrogens is 2. The minimum Gasteiger partial charge on any atom is -0.450 e. The molecule has 0 radical (unpaired) electrons. The Morgan fingerprint density at radius 2 is 1.00 bits per heavy atom. The molecule has 0 saturated carbocycles. The summed E-state index contributed by atoms with van der Waals surface area (Å²) in [5.74, 6) is 0. The second-order valence-corrected chi connectivity index (χ2v) is 16.5. The number of carbonyl (C=O) groups excluding carboxylic acids is 2. The molecule has 8 bridgehead atoms. The summed E-state index contributed by atoms with van der Waals surface area (Å²) >= 11 is 0. The van der Waals surface area contributed by atoms with Crippen LogP contribution in [-0.2, 0) is 28.9 Å². The monoisotopic (exact) mass is 866 g/mol. The Morgan fingerprint density at radius 1 is 0.554 bits per heavy atom. The summed E-state index contributed by atoms with van der Waals surface area (Å²) in [6, 6.07) is 29.8. The van der Waals surface area contributed by atoms with Gasteiger partial charge in [0.05, 0.1) is 51.8 Å². The summed E-state index contributed by atoms with van der Waals surface area (Å²) in [6.45, 7) is 19.5. The summed E-state index contributed by atoms with van der Waals surface area (Å²) in [6.07, 6.45) is 1.99. The van der Waals surface area contributed by atoms with Crippen molar-refractivity contribution in [1.29, 1.82) is 0 Å². The van der Waals surface area contributed by atoms with Crippen molar-refractivity contribution < 1.29 is 19.1 Å². The van der Waals surface area contributed by atoms with Gasteiger partial charge in [0.25, 0.3) is 0 Å². The van der Waals surface area contributed by atoms with Crippen LogP contribution < -0.4 is 10.6 Å². The lowest BCUT2D eigenvalue weighted by Crippen LogP contribution is -2.14. The second kappa shape index (κ2) is 18.9. The predicted molar refractivity (Wildman–Crippen MR) is 267 cm³/mol. The number of benzene rings is 3. The maximum Gasteiger partial charge on any atom is 0.411 e. The molecule has 65 heavy (non-hydrogen) atoms. The zero-order valence-electron chi connectivity index (χ0n) is 38.9. The SMILES string of the molecule is CCOC(=O)Nc1ccccc1-c1c2nc(cc3[nH]c(c(C)c3CC)c(-c3ccccc3NC(=O)OCc3ccccc3)c3[nH]c(cc4nc1C(C)=C4CC)c(CC)c3C)C(CC)=C2C. The number of amides is 2.